The Morgan fingerprint density at radius 2 is 1.76 bits per heavy atom. The molecule has 0 unspecified atom stereocenters. The van der Waals surface area contributed by atoms with Crippen LogP contribution in [-0.2, 0) is 0 Å². The average molecular weight is 627 g/mol. The Kier molecular flexibility index (Phi) is 7.51. The molecule has 3 aromatic rings. The van der Waals surface area contributed by atoms with Gasteiger partial charge in [-0.3, -0.25) is 14.4 Å². The lowest BCUT2D eigenvalue weighted by Crippen LogP contribution is -2.58. The number of likely N-dealkylation sites (tertiary alicyclic amines) is 1. The summed E-state index contributed by atoms with van der Waals surface area (Å²) >= 11 is 0. The van der Waals surface area contributed by atoms with Gasteiger partial charge in [-0.25, -0.2) is 13.8 Å². The Bertz CT molecular complexity index is 1830. The number of hydrogen-bond acceptors (Lipinski definition) is 6. The second kappa shape index (κ2) is 11.4. The maximum absolute atomic E-state index is 13.8. The van der Waals surface area contributed by atoms with Crippen LogP contribution >= 0.6 is 0 Å². The Hall–Kier alpha value is -4.43. The second-order valence-corrected chi connectivity index (χ2v) is 13.4. The highest BCUT2D eigenvalue weighted by atomic mass is 19.3. The number of hydrogen-bond donors (Lipinski definition) is 2. The van der Waals surface area contributed by atoms with Crippen molar-refractivity contribution in [3.63, 3.8) is 0 Å². The largest absolute Gasteiger partial charge is 0.326 e. The normalized spacial score (nSPS) is 19.9. The third kappa shape index (κ3) is 6.18. The van der Waals surface area contributed by atoms with E-state index >= 15 is 0 Å². The minimum atomic E-state index is -2.94. The van der Waals surface area contributed by atoms with E-state index in [1.54, 1.807) is 28.8 Å². The number of carbonyl (C=O) groups excluding carboxylic acids is 2. The van der Waals surface area contributed by atoms with E-state index in [0.29, 0.717) is 23.1 Å². The fraction of sp³-hybridized carbons (Fsp3) is 0.457. The zero-order valence-corrected chi connectivity index (χ0v) is 25.9. The van der Waals surface area contributed by atoms with Gasteiger partial charge in [0.2, 0.25) is 0 Å². The molecule has 11 heteroatoms. The fourth-order valence-corrected chi connectivity index (χ4v) is 6.28. The zero-order valence-electron chi connectivity index (χ0n) is 25.9. The Morgan fingerprint density at radius 1 is 1.02 bits per heavy atom. The van der Waals surface area contributed by atoms with Crippen LogP contribution in [0.5, 0.6) is 0 Å². The molecule has 4 fully saturated rings. The molecule has 9 nitrogen and oxygen atoms in total. The van der Waals surface area contributed by atoms with Crippen LogP contribution in [0.4, 0.5) is 14.6 Å². The van der Waals surface area contributed by atoms with Crippen molar-refractivity contribution < 1.29 is 18.4 Å². The van der Waals surface area contributed by atoms with Crippen LogP contribution in [0.1, 0.15) is 108 Å². The van der Waals surface area contributed by atoms with Crippen molar-refractivity contribution in [2.45, 2.75) is 82.3 Å². The van der Waals surface area contributed by atoms with Gasteiger partial charge in [0.1, 0.15) is 11.4 Å². The molecule has 1 aromatic carbocycles. The van der Waals surface area contributed by atoms with Crippen molar-refractivity contribution >= 4 is 17.6 Å². The van der Waals surface area contributed by atoms with Crippen molar-refractivity contribution in [1.29, 1.82) is 5.26 Å². The van der Waals surface area contributed by atoms with E-state index in [9.17, 15) is 28.4 Å². The van der Waals surface area contributed by atoms with Crippen molar-refractivity contribution in [2.24, 2.45) is 5.92 Å². The molecule has 1 aliphatic heterocycles. The molecule has 7 rings (SSSR count). The van der Waals surface area contributed by atoms with Crippen molar-refractivity contribution in [3.05, 3.63) is 80.9 Å². The molecule has 3 aliphatic carbocycles. The van der Waals surface area contributed by atoms with Crippen LogP contribution in [0.15, 0.2) is 47.4 Å². The molecule has 3 heterocycles. The number of rotatable bonds is 10. The summed E-state index contributed by atoms with van der Waals surface area (Å²) in [4.78, 5) is 46.4. The van der Waals surface area contributed by atoms with E-state index in [1.807, 2.05) is 25.3 Å². The molecular weight excluding hydrogens is 590 g/mol. The number of benzene rings is 1. The number of nitrogens with one attached hydrogen (secondary N) is 2. The molecule has 4 aliphatic rings. The average Bonchev–Trinajstić information content (AvgIpc) is 3.87. The molecule has 2 N–H and O–H groups in total. The van der Waals surface area contributed by atoms with Crippen LogP contribution in [0, 0.1) is 17.2 Å². The van der Waals surface area contributed by atoms with Gasteiger partial charge in [-0.1, -0.05) is 6.07 Å². The molecular formula is C35H36F2N6O3. The standard InChI is InChI=1S/C35H36F2N6O3/c1-19(22-4-5-22)39-20(2)25-12-29(34(46)43(16-25)26-8-9-26)32(44)41-31-14-24(13-30(40-31)23-6-7-23)27-10-3-21(15-38)11-28(27)33(45)42-17-35(36,37)18-42/h3,10-14,16,19-20,22-23,26,39H,4-9,17-18H2,1-2H3,(H,40,41,44)/t19-,20-/m0/s1. The lowest BCUT2D eigenvalue weighted by molar-refractivity contribution is -0.113. The fourth-order valence-electron chi connectivity index (χ4n) is 6.28. The maximum atomic E-state index is 13.8. The molecule has 1 saturated heterocycles. The van der Waals surface area contributed by atoms with Gasteiger partial charge >= 0.3 is 0 Å². The number of pyridine rings is 2. The van der Waals surface area contributed by atoms with Gasteiger partial charge in [0.05, 0.1) is 24.7 Å². The Labute approximate surface area is 265 Å². The van der Waals surface area contributed by atoms with E-state index in [0.717, 1.165) is 41.8 Å². The van der Waals surface area contributed by atoms with Gasteiger partial charge in [0.25, 0.3) is 23.3 Å². The molecule has 0 spiro atoms. The monoisotopic (exact) mass is 626 g/mol. The van der Waals surface area contributed by atoms with Crippen molar-refractivity contribution in [1.82, 2.24) is 19.8 Å². The highest BCUT2D eigenvalue weighted by Gasteiger charge is 2.46. The molecule has 3 saturated carbocycles. The lowest BCUT2D eigenvalue weighted by atomic mass is 9.95. The number of nitriles is 1. The van der Waals surface area contributed by atoms with E-state index in [-0.39, 0.29) is 46.1 Å². The first-order valence-corrected chi connectivity index (χ1v) is 16.1. The summed E-state index contributed by atoms with van der Waals surface area (Å²) in [5, 5.41) is 16.0. The highest BCUT2D eigenvalue weighted by molar-refractivity contribution is 6.05. The number of alkyl halides is 2. The first kappa shape index (κ1) is 30.2. The quantitative estimate of drug-likeness (QED) is 0.294. The zero-order chi connectivity index (χ0) is 32.3. The van der Waals surface area contributed by atoms with E-state index in [1.165, 1.54) is 18.9 Å². The number of carbonyl (C=O) groups is 2. The number of aromatic nitrogens is 2. The van der Waals surface area contributed by atoms with Crippen molar-refractivity contribution in [2.75, 3.05) is 18.4 Å². The van der Waals surface area contributed by atoms with Gasteiger partial charge < -0.3 is 20.1 Å². The molecule has 46 heavy (non-hydrogen) atoms. The first-order chi connectivity index (χ1) is 22.0. The number of amides is 2. The molecule has 2 amide bonds. The lowest BCUT2D eigenvalue weighted by Gasteiger charge is -2.39. The van der Waals surface area contributed by atoms with Gasteiger partial charge in [0.15, 0.2) is 0 Å². The van der Waals surface area contributed by atoms with Crippen molar-refractivity contribution in [3.8, 4) is 17.2 Å². The highest BCUT2D eigenvalue weighted by Crippen LogP contribution is 2.42. The summed E-state index contributed by atoms with van der Waals surface area (Å²) in [5.41, 5.74) is 2.63. The van der Waals surface area contributed by atoms with E-state index in [2.05, 4.69) is 17.6 Å². The molecule has 238 valence electrons. The van der Waals surface area contributed by atoms with Crippen LogP contribution < -0.4 is 16.2 Å². The number of nitrogens with zero attached hydrogens (tertiary/aromatic N) is 4. The molecule has 2 aromatic heterocycles. The maximum Gasteiger partial charge on any atom is 0.282 e. The van der Waals surface area contributed by atoms with E-state index < -0.39 is 30.8 Å². The van der Waals surface area contributed by atoms with Crippen LogP contribution in [0.2, 0.25) is 0 Å². The second-order valence-electron chi connectivity index (χ2n) is 13.4. The minimum Gasteiger partial charge on any atom is -0.326 e. The van der Waals surface area contributed by atoms with Gasteiger partial charge in [-0.15, -0.1) is 0 Å². The number of anilines is 1. The smallest absolute Gasteiger partial charge is 0.282 e. The topological polar surface area (TPSA) is 120 Å². The summed E-state index contributed by atoms with van der Waals surface area (Å²) in [5.74, 6) is -3.05. The van der Waals surface area contributed by atoms with Crippen LogP contribution in [0.3, 0.4) is 0 Å². The Morgan fingerprint density at radius 3 is 2.39 bits per heavy atom. The predicted molar refractivity (Wildman–Crippen MR) is 168 cm³/mol. The summed E-state index contributed by atoms with van der Waals surface area (Å²) < 4.78 is 28.9. The summed E-state index contributed by atoms with van der Waals surface area (Å²) in [6, 6.07) is 12.1. The third-order valence-electron chi connectivity index (χ3n) is 9.50. The minimum absolute atomic E-state index is 0.0326. The van der Waals surface area contributed by atoms with Gasteiger partial charge in [-0.2, -0.15) is 5.26 Å². The van der Waals surface area contributed by atoms with E-state index in [4.69, 9.17) is 4.98 Å². The molecule has 2 atom stereocenters. The Balaban J connectivity index is 1.22. The summed E-state index contributed by atoms with van der Waals surface area (Å²) in [7, 11) is 0. The molecule has 0 bridgehead atoms. The molecule has 0 radical (unpaired) electrons. The van der Waals surface area contributed by atoms with Gasteiger partial charge in [-0.05, 0) is 105 Å². The van der Waals surface area contributed by atoms with Crippen LogP contribution in [0.25, 0.3) is 11.1 Å². The predicted octanol–water partition coefficient (Wildman–Crippen LogP) is 5.79. The van der Waals surface area contributed by atoms with Crippen LogP contribution in [-0.4, -0.2) is 51.3 Å². The summed E-state index contributed by atoms with van der Waals surface area (Å²) in [6.07, 6.45) is 7.90. The SMILES string of the molecule is C[C@H](N[C@@H](C)C1CC1)c1cc(C(=O)Nc2cc(-c3ccc(C#N)cc3C(=O)N3CC(F)(F)C3)cc(C3CC3)n2)c(=O)n(C2CC2)c1. The van der Waals surface area contributed by atoms with Gasteiger partial charge in [0, 0.05) is 41.5 Å². The number of halogens is 2. The first-order valence-electron chi connectivity index (χ1n) is 16.1. The summed E-state index contributed by atoms with van der Waals surface area (Å²) in [6.45, 7) is 2.85. The third-order valence-corrected chi connectivity index (χ3v) is 9.50.